The molecular formula is C17H18BrFN2O3S. The van der Waals surface area contributed by atoms with E-state index in [1.54, 1.807) is 18.2 Å². The molecule has 8 heteroatoms. The van der Waals surface area contributed by atoms with E-state index in [1.807, 2.05) is 0 Å². The molecule has 2 rings (SSSR count). The van der Waals surface area contributed by atoms with Gasteiger partial charge < -0.3 is 5.32 Å². The largest absolute Gasteiger partial charge is 0.324 e. The number of halogens is 2. The average molecular weight is 429 g/mol. The monoisotopic (exact) mass is 428 g/mol. The van der Waals surface area contributed by atoms with Gasteiger partial charge in [0.2, 0.25) is 15.9 Å². The first-order valence-electron chi connectivity index (χ1n) is 7.46. The van der Waals surface area contributed by atoms with Gasteiger partial charge in [0.25, 0.3) is 0 Å². The van der Waals surface area contributed by atoms with Gasteiger partial charge in [0.1, 0.15) is 5.82 Å². The highest BCUT2D eigenvalue weighted by atomic mass is 79.9. The van der Waals surface area contributed by atoms with Crippen molar-refractivity contribution in [2.45, 2.75) is 17.7 Å². The maximum absolute atomic E-state index is 13.7. The van der Waals surface area contributed by atoms with Crippen LogP contribution in [-0.4, -0.2) is 32.7 Å². The molecule has 0 aliphatic carbocycles. The summed E-state index contributed by atoms with van der Waals surface area (Å²) in [6.45, 7) is 0. The lowest BCUT2D eigenvalue weighted by molar-refractivity contribution is -0.116. The molecule has 0 atom stereocenters. The molecule has 0 saturated carbocycles. The first-order valence-corrected chi connectivity index (χ1v) is 9.70. The number of benzene rings is 2. The molecule has 0 saturated heterocycles. The summed E-state index contributed by atoms with van der Waals surface area (Å²) in [6.07, 6.45) is 0.585. The Bertz CT molecular complexity index is 868. The highest BCUT2D eigenvalue weighted by molar-refractivity contribution is 9.10. The van der Waals surface area contributed by atoms with Crippen LogP contribution in [-0.2, 0) is 21.2 Å². The molecular weight excluding hydrogens is 411 g/mol. The number of nitrogens with one attached hydrogen (secondary N) is 1. The molecule has 0 bridgehead atoms. The molecule has 2 aromatic rings. The molecule has 0 unspecified atom stereocenters. The third-order valence-corrected chi connectivity index (χ3v) is 5.87. The summed E-state index contributed by atoms with van der Waals surface area (Å²) >= 11 is 3.15. The molecule has 0 fully saturated rings. The first-order chi connectivity index (χ1) is 11.7. The molecule has 1 amide bonds. The Labute approximate surface area is 155 Å². The van der Waals surface area contributed by atoms with Gasteiger partial charge in [-0.05, 0) is 42.3 Å². The summed E-state index contributed by atoms with van der Waals surface area (Å²) in [7, 11) is -0.531. The van der Waals surface area contributed by atoms with Crippen LogP contribution in [0.3, 0.4) is 0 Å². The van der Waals surface area contributed by atoms with E-state index >= 15 is 0 Å². The smallest absolute Gasteiger partial charge is 0.242 e. The Morgan fingerprint density at radius 2 is 1.80 bits per heavy atom. The van der Waals surface area contributed by atoms with Crippen molar-refractivity contribution in [2.24, 2.45) is 0 Å². The van der Waals surface area contributed by atoms with Crippen LogP contribution in [0, 0.1) is 5.82 Å². The third-order valence-electron chi connectivity index (χ3n) is 3.55. The van der Waals surface area contributed by atoms with E-state index < -0.39 is 15.8 Å². The molecule has 1 N–H and O–H groups in total. The van der Waals surface area contributed by atoms with Gasteiger partial charge >= 0.3 is 0 Å². The maximum Gasteiger partial charge on any atom is 0.242 e. The fourth-order valence-electron chi connectivity index (χ4n) is 2.10. The number of hydrogen-bond donors (Lipinski definition) is 1. The highest BCUT2D eigenvalue weighted by Crippen LogP contribution is 2.20. The second-order valence-electron chi connectivity index (χ2n) is 5.60. The molecule has 0 heterocycles. The second kappa shape index (κ2) is 8.07. The minimum absolute atomic E-state index is 0.126. The van der Waals surface area contributed by atoms with Crippen LogP contribution in [0.5, 0.6) is 0 Å². The summed E-state index contributed by atoms with van der Waals surface area (Å²) in [5, 5.41) is 2.52. The van der Waals surface area contributed by atoms with Crippen molar-refractivity contribution in [3.63, 3.8) is 0 Å². The van der Waals surface area contributed by atoms with Gasteiger partial charge in [-0.3, -0.25) is 4.79 Å². The van der Waals surface area contributed by atoms with Crippen molar-refractivity contribution in [1.82, 2.24) is 4.31 Å². The molecule has 0 aromatic heterocycles. The van der Waals surface area contributed by atoms with Crippen LogP contribution in [0.2, 0.25) is 0 Å². The van der Waals surface area contributed by atoms with E-state index in [4.69, 9.17) is 0 Å². The predicted octanol–water partition coefficient (Wildman–Crippen LogP) is 3.41. The van der Waals surface area contributed by atoms with Crippen molar-refractivity contribution in [3.05, 3.63) is 58.3 Å². The SMILES string of the molecule is CN(C)S(=O)(=O)c1ccc(CCC(=O)Nc2ccc(Br)cc2F)cc1. The van der Waals surface area contributed by atoms with Crippen molar-refractivity contribution in [2.75, 3.05) is 19.4 Å². The molecule has 0 aliphatic heterocycles. The van der Waals surface area contributed by atoms with E-state index in [1.165, 1.54) is 38.4 Å². The molecule has 5 nitrogen and oxygen atoms in total. The second-order valence-corrected chi connectivity index (χ2v) is 8.67. The van der Waals surface area contributed by atoms with Gasteiger partial charge in [-0.15, -0.1) is 0 Å². The minimum Gasteiger partial charge on any atom is -0.324 e. The average Bonchev–Trinajstić information content (AvgIpc) is 2.56. The van der Waals surface area contributed by atoms with Crippen molar-refractivity contribution in [1.29, 1.82) is 0 Å². The highest BCUT2D eigenvalue weighted by Gasteiger charge is 2.16. The number of carbonyl (C=O) groups excluding carboxylic acids is 1. The van der Waals surface area contributed by atoms with E-state index in [0.717, 1.165) is 9.87 Å². The van der Waals surface area contributed by atoms with Gasteiger partial charge in [-0.1, -0.05) is 28.1 Å². The van der Waals surface area contributed by atoms with E-state index in [0.29, 0.717) is 10.9 Å². The lowest BCUT2D eigenvalue weighted by Crippen LogP contribution is -2.22. The van der Waals surface area contributed by atoms with Gasteiger partial charge in [-0.2, -0.15) is 0 Å². The van der Waals surface area contributed by atoms with Crippen molar-refractivity contribution >= 4 is 37.5 Å². The zero-order valence-electron chi connectivity index (χ0n) is 13.8. The van der Waals surface area contributed by atoms with Gasteiger partial charge in [0.05, 0.1) is 10.6 Å². The molecule has 0 radical (unpaired) electrons. The van der Waals surface area contributed by atoms with E-state index in [2.05, 4.69) is 21.2 Å². The van der Waals surface area contributed by atoms with Crippen LogP contribution in [0.1, 0.15) is 12.0 Å². The molecule has 0 aliphatic rings. The summed E-state index contributed by atoms with van der Waals surface area (Å²) < 4.78 is 39.4. The van der Waals surface area contributed by atoms with E-state index in [9.17, 15) is 17.6 Å². The summed E-state index contributed by atoms with van der Waals surface area (Å²) in [4.78, 5) is 12.1. The Morgan fingerprint density at radius 3 is 2.36 bits per heavy atom. The lowest BCUT2D eigenvalue weighted by Gasteiger charge is -2.11. The fraction of sp³-hybridized carbons (Fsp3) is 0.235. The molecule has 25 heavy (non-hydrogen) atoms. The fourth-order valence-corrected chi connectivity index (χ4v) is 3.34. The quantitative estimate of drug-likeness (QED) is 0.766. The van der Waals surface area contributed by atoms with Crippen molar-refractivity contribution < 1.29 is 17.6 Å². The number of anilines is 1. The Kier molecular flexibility index (Phi) is 6.31. The number of nitrogens with zero attached hydrogens (tertiary/aromatic N) is 1. The molecule has 2 aromatic carbocycles. The van der Waals surface area contributed by atoms with Crippen LogP contribution in [0.15, 0.2) is 51.8 Å². The topological polar surface area (TPSA) is 66.5 Å². The van der Waals surface area contributed by atoms with Gasteiger partial charge in [0, 0.05) is 25.0 Å². The summed E-state index contributed by atoms with van der Waals surface area (Å²) in [6, 6.07) is 10.8. The minimum atomic E-state index is -3.47. The van der Waals surface area contributed by atoms with Crippen LogP contribution in [0.25, 0.3) is 0 Å². The summed E-state index contributed by atoms with van der Waals surface area (Å²) in [5.74, 6) is -0.827. The predicted molar refractivity (Wildman–Crippen MR) is 98.4 cm³/mol. The zero-order valence-corrected chi connectivity index (χ0v) is 16.2. The van der Waals surface area contributed by atoms with Crippen LogP contribution >= 0.6 is 15.9 Å². The first kappa shape index (κ1) is 19.6. The van der Waals surface area contributed by atoms with Crippen LogP contribution < -0.4 is 5.32 Å². The molecule has 134 valence electrons. The van der Waals surface area contributed by atoms with E-state index in [-0.39, 0.29) is 22.9 Å². The maximum atomic E-state index is 13.7. The van der Waals surface area contributed by atoms with Gasteiger partial charge in [0.15, 0.2) is 0 Å². The number of amides is 1. The number of carbonyl (C=O) groups is 1. The Morgan fingerprint density at radius 1 is 1.16 bits per heavy atom. The number of hydrogen-bond acceptors (Lipinski definition) is 3. The standard InChI is InChI=1S/C17H18BrFN2O3S/c1-21(2)25(23,24)14-7-3-12(4-8-14)5-10-17(22)20-16-9-6-13(18)11-15(16)19/h3-4,6-9,11H,5,10H2,1-2H3,(H,20,22). The van der Waals surface area contributed by atoms with Crippen molar-refractivity contribution in [3.8, 4) is 0 Å². The van der Waals surface area contributed by atoms with Crippen LogP contribution in [0.4, 0.5) is 10.1 Å². The van der Waals surface area contributed by atoms with Gasteiger partial charge in [-0.25, -0.2) is 17.1 Å². The number of aryl methyl sites for hydroxylation is 1. The Hall–Kier alpha value is -1.77. The Balaban J connectivity index is 1.96. The summed E-state index contributed by atoms with van der Waals surface area (Å²) in [5.41, 5.74) is 0.949. The number of sulfonamides is 1. The zero-order chi connectivity index (χ0) is 18.6. The molecule has 0 spiro atoms. The number of rotatable bonds is 6. The third kappa shape index (κ3) is 5.10. The normalized spacial score (nSPS) is 11.6. The lowest BCUT2D eigenvalue weighted by atomic mass is 10.1.